The van der Waals surface area contributed by atoms with Gasteiger partial charge in [-0.1, -0.05) is 33.1 Å². The van der Waals surface area contributed by atoms with Gasteiger partial charge < -0.3 is 10.4 Å². The Morgan fingerprint density at radius 3 is 2.07 bits per heavy atom. The van der Waals surface area contributed by atoms with Crippen molar-refractivity contribution >= 4 is 5.97 Å². The molecule has 0 fully saturated rings. The maximum atomic E-state index is 9.60. The van der Waals surface area contributed by atoms with Gasteiger partial charge in [0.05, 0.1) is 0 Å². The second-order valence-electron chi connectivity index (χ2n) is 3.31. The van der Waals surface area contributed by atoms with E-state index in [9.17, 15) is 4.79 Å². The summed E-state index contributed by atoms with van der Waals surface area (Å²) in [5.41, 5.74) is 0. The van der Waals surface area contributed by atoms with Crippen molar-refractivity contribution in [1.29, 1.82) is 0 Å². The van der Waals surface area contributed by atoms with Crippen LogP contribution in [0.15, 0.2) is 0 Å². The summed E-state index contributed by atoms with van der Waals surface area (Å²) in [7, 11) is 2.01. The van der Waals surface area contributed by atoms with E-state index in [-0.39, 0.29) is 0 Å². The van der Waals surface area contributed by atoms with Crippen molar-refractivity contribution in [3.8, 4) is 0 Å². The summed E-state index contributed by atoms with van der Waals surface area (Å²) in [6.45, 7) is 5.26. The van der Waals surface area contributed by atoms with Crippen LogP contribution in [0.2, 0.25) is 0 Å². The Hall–Kier alpha value is -0.570. The second kappa shape index (κ2) is 14.9. The highest BCUT2D eigenvalue weighted by Crippen LogP contribution is 1.96. The molecule has 0 aromatic carbocycles. The van der Waals surface area contributed by atoms with E-state index in [2.05, 4.69) is 12.2 Å². The van der Waals surface area contributed by atoms with Crippen LogP contribution < -0.4 is 5.32 Å². The number of unbranched alkanes of at least 4 members (excludes halogenated alkanes) is 3. The largest absolute Gasteiger partial charge is 0.481 e. The number of nitrogens with one attached hydrogen (secondary N) is 1. The minimum Gasteiger partial charge on any atom is -0.481 e. The van der Waals surface area contributed by atoms with Crippen LogP contribution in [-0.2, 0) is 4.79 Å². The first-order valence-corrected chi connectivity index (χ1v) is 5.55. The highest BCUT2D eigenvalue weighted by molar-refractivity contribution is 5.66. The highest BCUT2D eigenvalue weighted by Gasteiger charge is 1.87. The lowest BCUT2D eigenvalue weighted by atomic mass is 10.2. The van der Waals surface area contributed by atoms with Gasteiger partial charge in [-0.25, -0.2) is 0 Å². The molecule has 3 nitrogen and oxygen atoms in total. The van der Waals surface area contributed by atoms with Crippen molar-refractivity contribution in [3.05, 3.63) is 0 Å². The Bertz CT molecular complexity index is 110. The molecule has 0 heterocycles. The summed E-state index contributed by atoms with van der Waals surface area (Å²) in [6.07, 6.45) is 6.47. The molecule has 14 heavy (non-hydrogen) atoms. The highest BCUT2D eigenvalue weighted by atomic mass is 16.4. The number of rotatable bonds is 7. The molecule has 86 valence electrons. The standard InChI is InChI=1S/C7H17N.C4H8O2/c1-3-4-5-6-7-8-2;1-2-3-4(5)6/h8H,3-7H2,1-2H3;2-3H2,1H3,(H,5,6). The predicted octanol–water partition coefficient (Wildman–Crippen LogP) is 2.66. The summed E-state index contributed by atoms with van der Waals surface area (Å²) < 4.78 is 0. The van der Waals surface area contributed by atoms with Crippen molar-refractivity contribution in [2.24, 2.45) is 0 Å². The van der Waals surface area contributed by atoms with Gasteiger partial charge in [-0.3, -0.25) is 4.79 Å². The Labute approximate surface area is 87.9 Å². The van der Waals surface area contributed by atoms with Gasteiger partial charge in [-0.2, -0.15) is 0 Å². The molecule has 0 aliphatic heterocycles. The van der Waals surface area contributed by atoms with Crippen molar-refractivity contribution in [2.75, 3.05) is 13.6 Å². The summed E-state index contributed by atoms with van der Waals surface area (Å²) in [5, 5.41) is 11.0. The molecule has 0 bridgehead atoms. The van der Waals surface area contributed by atoms with Gasteiger partial charge >= 0.3 is 5.97 Å². The molecular weight excluding hydrogens is 178 g/mol. The number of carboxylic acids is 1. The van der Waals surface area contributed by atoms with E-state index in [0.717, 1.165) is 6.42 Å². The minimum atomic E-state index is -0.711. The molecule has 0 aliphatic carbocycles. The number of carboxylic acid groups (broad SMARTS) is 1. The molecule has 0 amide bonds. The zero-order valence-corrected chi connectivity index (χ0v) is 9.81. The second-order valence-corrected chi connectivity index (χ2v) is 3.31. The van der Waals surface area contributed by atoms with E-state index in [1.54, 1.807) is 0 Å². The van der Waals surface area contributed by atoms with Crippen LogP contribution >= 0.6 is 0 Å². The lowest BCUT2D eigenvalue weighted by molar-refractivity contribution is -0.137. The van der Waals surface area contributed by atoms with Gasteiger partial charge in [-0.15, -0.1) is 0 Å². The van der Waals surface area contributed by atoms with Gasteiger partial charge in [0.15, 0.2) is 0 Å². The number of hydrogen-bond acceptors (Lipinski definition) is 2. The lowest BCUT2D eigenvalue weighted by Gasteiger charge is -1.95. The first-order chi connectivity index (χ1) is 6.68. The van der Waals surface area contributed by atoms with Crippen molar-refractivity contribution in [3.63, 3.8) is 0 Å². The smallest absolute Gasteiger partial charge is 0.303 e. The van der Waals surface area contributed by atoms with Crippen LogP contribution in [0.5, 0.6) is 0 Å². The van der Waals surface area contributed by atoms with Crippen LogP contribution in [0.25, 0.3) is 0 Å². The van der Waals surface area contributed by atoms with Crippen molar-refractivity contribution in [1.82, 2.24) is 5.32 Å². The Balaban J connectivity index is 0. The number of aliphatic carboxylic acids is 1. The van der Waals surface area contributed by atoms with Crippen molar-refractivity contribution < 1.29 is 9.90 Å². The van der Waals surface area contributed by atoms with Gasteiger partial charge in [0.25, 0.3) is 0 Å². The lowest BCUT2D eigenvalue weighted by Crippen LogP contribution is -2.06. The van der Waals surface area contributed by atoms with Gasteiger partial charge in [0.1, 0.15) is 0 Å². The van der Waals surface area contributed by atoms with Crippen LogP contribution in [0, 0.1) is 0 Å². The third-order valence-electron chi connectivity index (χ3n) is 1.74. The summed E-state index contributed by atoms with van der Waals surface area (Å²) in [4.78, 5) is 9.60. The average Bonchev–Trinajstić information content (AvgIpc) is 2.13. The molecule has 0 rings (SSSR count). The first-order valence-electron chi connectivity index (χ1n) is 5.55. The van der Waals surface area contributed by atoms with Gasteiger partial charge in [0.2, 0.25) is 0 Å². The molecule has 0 aromatic rings. The van der Waals surface area contributed by atoms with E-state index < -0.39 is 5.97 Å². The third-order valence-corrected chi connectivity index (χ3v) is 1.74. The fraction of sp³-hybridized carbons (Fsp3) is 0.909. The molecule has 0 saturated carbocycles. The van der Waals surface area contributed by atoms with Gasteiger partial charge in [-0.05, 0) is 26.4 Å². The molecule has 0 radical (unpaired) electrons. The minimum absolute atomic E-state index is 0.292. The monoisotopic (exact) mass is 203 g/mol. The molecule has 0 saturated heterocycles. The molecular formula is C11H25NO2. The van der Waals surface area contributed by atoms with E-state index in [0.29, 0.717) is 6.42 Å². The zero-order valence-electron chi connectivity index (χ0n) is 9.81. The zero-order chi connectivity index (χ0) is 11.2. The van der Waals surface area contributed by atoms with Crippen LogP contribution in [0.3, 0.4) is 0 Å². The quantitative estimate of drug-likeness (QED) is 0.625. The fourth-order valence-corrected chi connectivity index (χ4v) is 0.942. The fourth-order valence-electron chi connectivity index (χ4n) is 0.942. The Kier molecular flexibility index (Phi) is 16.9. The Morgan fingerprint density at radius 2 is 1.79 bits per heavy atom. The third kappa shape index (κ3) is 22.5. The molecule has 3 heteroatoms. The molecule has 0 unspecified atom stereocenters. The molecule has 0 aromatic heterocycles. The Morgan fingerprint density at radius 1 is 1.14 bits per heavy atom. The van der Waals surface area contributed by atoms with Gasteiger partial charge in [0, 0.05) is 6.42 Å². The topological polar surface area (TPSA) is 49.3 Å². The number of carbonyl (C=O) groups is 1. The van der Waals surface area contributed by atoms with E-state index >= 15 is 0 Å². The van der Waals surface area contributed by atoms with Crippen molar-refractivity contribution in [2.45, 2.75) is 52.4 Å². The molecule has 0 spiro atoms. The average molecular weight is 203 g/mol. The van der Waals surface area contributed by atoms with E-state index in [1.807, 2.05) is 14.0 Å². The molecule has 0 aliphatic rings. The molecule has 2 N–H and O–H groups in total. The van der Waals surface area contributed by atoms with E-state index in [4.69, 9.17) is 5.11 Å². The van der Waals surface area contributed by atoms with Crippen LogP contribution in [-0.4, -0.2) is 24.7 Å². The SMILES string of the molecule is CCCC(=O)O.CCCCCCNC. The maximum absolute atomic E-state index is 9.60. The summed E-state index contributed by atoms with van der Waals surface area (Å²) in [5.74, 6) is -0.711. The summed E-state index contributed by atoms with van der Waals surface area (Å²) in [6, 6.07) is 0. The predicted molar refractivity (Wildman–Crippen MR) is 60.6 cm³/mol. The normalized spacial score (nSPS) is 9.07. The first kappa shape index (κ1) is 15.9. The molecule has 0 atom stereocenters. The van der Waals surface area contributed by atoms with Crippen LogP contribution in [0.1, 0.15) is 52.4 Å². The van der Waals surface area contributed by atoms with E-state index in [1.165, 1.54) is 32.2 Å². The summed E-state index contributed by atoms with van der Waals surface area (Å²) >= 11 is 0. The maximum Gasteiger partial charge on any atom is 0.303 e. The van der Waals surface area contributed by atoms with Crippen LogP contribution in [0.4, 0.5) is 0 Å². The number of hydrogen-bond donors (Lipinski definition) is 2.